The first-order chi connectivity index (χ1) is 6.65. The zero-order valence-electron chi connectivity index (χ0n) is 9.12. The Kier molecular flexibility index (Phi) is 7.42. The third kappa shape index (κ3) is 5.19. The van der Waals surface area contributed by atoms with Crippen molar-refractivity contribution in [1.29, 1.82) is 0 Å². The molecule has 0 rings (SSSR count). The van der Waals surface area contributed by atoms with Gasteiger partial charge in [0.2, 0.25) is 5.91 Å². The van der Waals surface area contributed by atoms with Crippen LogP contribution in [0.2, 0.25) is 0 Å². The second-order valence-corrected chi connectivity index (χ2v) is 3.64. The summed E-state index contributed by atoms with van der Waals surface area (Å²) in [6, 6.07) is 0.0263. The van der Waals surface area contributed by atoms with E-state index in [1.54, 1.807) is 0 Å². The van der Waals surface area contributed by atoms with Crippen molar-refractivity contribution in [3.05, 3.63) is 0 Å². The summed E-state index contributed by atoms with van der Waals surface area (Å²) in [5.41, 5.74) is 5.50. The van der Waals surface area contributed by atoms with Crippen LogP contribution in [0.3, 0.4) is 0 Å². The molecule has 0 aromatic rings. The third-order valence-electron chi connectivity index (χ3n) is 2.24. The summed E-state index contributed by atoms with van der Waals surface area (Å²) in [4.78, 5) is 11.6. The lowest BCUT2D eigenvalue weighted by molar-refractivity contribution is -0.125. The highest BCUT2D eigenvalue weighted by Gasteiger charge is 2.16. The second-order valence-electron chi connectivity index (χ2n) is 3.64. The highest BCUT2D eigenvalue weighted by atomic mass is 16.3. The van der Waals surface area contributed by atoms with Crippen LogP contribution in [0.15, 0.2) is 0 Å². The van der Waals surface area contributed by atoms with Gasteiger partial charge in [0.05, 0.1) is 5.92 Å². The Morgan fingerprint density at radius 3 is 2.57 bits per heavy atom. The molecule has 0 aliphatic heterocycles. The lowest BCUT2D eigenvalue weighted by Crippen LogP contribution is -2.40. The van der Waals surface area contributed by atoms with E-state index in [1.165, 1.54) is 0 Å². The molecule has 14 heavy (non-hydrogen) atoms. The number of aliphatic hydroxyl groups excluding tert-OH is 1. The van der Waals surface area contributed by atoms with Gasteiger partial charge in [-0.3, -0.25) is 4.79 Å². The van der Waals surface area contributed by atoms with Crippen LogP contribution < -0.4 is 11.1 Å². The zero-order chi connectivity index (χ0) is 11.0. The summed E-state index contributed by atoms with van der Waals surface area (Å²) >= 11 is 0. The minimum absolute atomic E-state index is 0.00954. The van der Waals surface area contributed by atoms with Gasteiger partial charge in [-0.05, 0) is 19.8 Å². The van der Waals surface area contributed by atoms with Gasteiger partial charge in [0.25, 0.3) is 0 Å². The van der Waals surface area contributed by atoms with Crippen molar-refractivity contribution in [3.8, 4) is 0 Å². The lowest BCUT2D eigenvalue weighted by atomic mass is 10.0. The van der Waals surface area contributed by atoms with Gasteiger partial charge in [-0.2, -0.15) is 0 Å². The van der Waals surface area contributed by atoms with Crippen LogP contribution in [0.1, 0.15) is 33.1 Å². The van der Waals surface area contributed by atoms with Crippen LogP contribution in [0.4, 0.5) is 0 Å². The summed E-state index contributed by atoms with van der Waals surface area (Å²) in [5.74, 6) is -0.0727. The molecule has 0 fully saturated rings. The standard InChI is InChI=1S/C10H22N2O2/c1-3-4-9(7-11)10(14)12-8(2)5-6-13/h8-9,13H,3-7,11H2,1-2H3,(H,12,14). The molecule has 0 saturated heterocycles. The summed E-state index contributed by atoms with van der Waals surface area (Å²) < 4.78 is 0. The lowest BCUT2D eigenvalue weighted by Gasteiger charge is -2.18. The average Bonchev–Trinajstić information content (AvgIpc) is 2.14. The van der Waals surface area contributed by atoms with Crippen molar-refractivity contribution in [2.24, 2.45) is 11.7 Å². The number of aliphatic hydroxyl groups is 1. The second kappa shape index (κ2) is 7.76. The van der Waals surface area contributed by atoms with Gasteiger partial charge in [-0.1, -0.05) is 13.3 Å². The molecular formula is C10H22N2O2. The number of hydrogen-bond acceptors (Lipinski definition) is 3. The first kappa shape index (κ1) is 13.4. The smallest absolute Gasteiger partial charge is 0.224 e. The van der Waals surface area contributed by atoms with Crippen molar-refractivity contribution >= 4 is 5.91 Å². The Balaban J connectivity index is 3.90. The summed E-state index contributed by atoms with van der Waals surface area (Å²) in [6.45, 7) is 4.41. The van der Waals surface area contributed by atoms with Crippen LogP contribution in [-0.2, 0) is 4.79 Å². The van der Waals surface area contributed by atoms with E-state index in [0.29, 0.717) is 13.0 Å². The molecule has 0 aromatic heterocycles. The Morgan fingerprint density at radius 2 is 2.14 bits per heavy atom. The summed E-state index contributed by atoms with van der Waals surface area (Å²) in [6.07, 6.45) is 2.38. The van der Waals surface area contributed by atoms with E-state index in [1.807, 2.05) is 13.8 Å². The van der Waals surface area contributed by atoms with Gasteiger partial charge in [0.15, 0.2) is 0 Å². The third-order valence-corrected chi connectivity index (χ3v) is 2.24. The first-order valence-electron chi connectivity index (χ1n) is 5.27. The van der Waals surface area contributed by atoms with Crippen LogP contribution in [0.5, 0.6) is 0 Å². The van der Waals surface area contributed by atoms with Crippen molar-refractivity contribution in [1.82, 2.24) is 5.32 Å². The van der Waals surface area contributed by atoms with E-state index >= 15 is 0 Å². The fourth-order valence-electron chi connectivity index (χ4n) is 1.33. The fourth-order valence-corrected chi connectivity index (χ4v) is 1.33. The number of carbonyl (C=O) groups excluding carboxylic acids is 1. The molecule has 0 radical (unpaired) electrons. The fraction of sp³-hybridized carbons (Fsp3) is 0.900. The quantitative estimate of drug-likeness (QED) is 0.554. The number of nitrogens with two attached hydrogens (primary N) is 1. The van der Waals surface area contributed by atoms with Gasteiger partial charge in [-0.15, -0.1) is 0 Å². The van der Waals surface area contributed by atoms with Crippen LogP contribution in [-0.4, -0.2) is 30.2 Å². The summed E-state index contributed by atoms with van der Waals surface area (Å²) in [5, 5.41) is 11.5. The molecule has 0 aliphatic carbocycles. The molecule has 0 bridgehead atoms. The molecule has 0 heterocycles. The molecule has 4 heteroatoms. The number of rotatable bonds is 7. The van der Waals surface area contributed by atoms with Gasteiger partial charge in [0, 0.05) is 19.2 Å². The Bertz CT molecular complexity index is 162. The predicted octanol–water partition coefficient (Wildman–Crippen LogP) is 0.249. The Labute approximate surface area is 85.9 Å². The van der Waals surface area contributed by atoms with E-state index in [4.69, 9.17) is 10.8 Å². The Morgan fingerprint density at radius 1 is 1.50 bits per heavy atom. The minimum Gasteiger partial charge on any atom is -0.396 e. The average molecular weight is 202 g/mol. The number of nitrogens with one attached hydrogen (secondary N) is 1. The van der Waals surface area contributed by atoms with E-state index < -0.39 is 0 Å². The highest BCUT2D eigenvalue weighted by molar-refractivity contribution is 5.79. The van der Waals surface area contributed by atoms with Crippen LogP contribution in [0, 0.1) is 5.92 Å². The van der Waals surface area contributed by atoms with Crippen LogP contribution >= 0.6 is 0 Å². The van der Waals surface area contributed by atoms with Crippen molar-refractivity contribution in [3.63, 3.8) is 0 Å². The molecule has 2 atom stereocenters. The first-order valence-corrected chi connectivity index (χ1v) is 5.27. The molecule has 1 amide bonds. The monoisotopic (exact) mass is 202 g/mol. The van der Waals surface area contributed by atoms with Gasteiger partial charge in [-0.25, -0.2) is 0 Å². The van der Waals surface area contributed by atoms with Crippen molar-refractivity contribution in [2.75, 3.05) is 13.2 Å². The van der Waals surface area contributed by atoms with E-state index in [0.717, 1.165) is 12.8 Å². The zero-order valence-corrected chi connectivity index (χ0v) is 9.12. The molecule has 0 saturated carbocycles. The molecular weight excluding hydrogens is 180 g/mol. The largest absolute Gasteiger partial charge is 0.396 e. The molecule has 0 spiro atoms. The molecule has 2 unspecified atom stereocenters. The van der Waals surface area contributed by atoms with Gasteiger partial charge in [0.1, 0.15) is 0 Å². The SMILES string of the molecule is CCCC(CN)C(=O)NC(C)CCO. The number of amides is 1. The molecule has 84 valence electrons. The normalized spacial score (nSPS) is 14.9. The molecule has 0 aliphatic rings. The van der Waals surface area contributed by atoms with E-state index in [9.17, 15) is 4.79 Å². The predicted molar refractivity (Wildman–Crippen MR) is 56.8 cm³/mol. The van der Waals surface area contributed by atoms with Crippen LogP contribution in [0.25, 0.3) is 0 Å². The topological polar surface area (TPSA) is 75.4 Å². The molecule has 4 N–H and O–H groups in total. The maximum Gasteiger partial charge on any atom is 0.224 e. The molecule has 0 aromatic carbocycles. The van der Waals surface area contributed by atoms with Gasteiger partial charge < -0.3 is 16.2 Å². The molecule has 4 nitrogen and oxygen atoms in total. The minimum atomic E-state index is -0.0823. The maximum atomic E-state index is 11.6. The van der Waals surface area contributed by atoms with E-state index in [2.05, 4.69) is 5.32 Å². The van der Waals surface area contributed by atoms with Gasteiger partial charge >= 0.3 is 0 Å². The van der Waals surface area contributed by atoms with Crippen molar-refractivity contribution < 1.29 is 9.90 Å². The Hall–Kier alpha value is -0.610. The van der Waals surface area contributed by atoms with Crippen molar-refractivity contribution in [2.45, 2.75) is 39.2 Å². The summed E-state index contributed by atoms with van der Waals surface area (Å²) in [7, 11) is 0. The van der Waals surface area contributed by atoms with E-state index in [-0.39, 0.29) is 24.5 Å². The maximum absolute atomic E-state index is 11.6. The number of carbonyl (C=O) groups is 1. The highest BCUT2D eigenvalue weighted by Crippen LogP contribution is 2.05. The number of hydrogen-bond donors (Lipinski definition) is 3.